The van der Waals surface area contributed by atoms with E-state index in [1.54, 1.807) is 6.92 Å². The van der Waals surface area contributed by atoms with Gasteiger partial charge in [0, 0.05) is 16.9 Å². The summed E-state index contributed by atoms with van der Waals surface area (Å²) in [5.74, 6) is -0.307. The van der Waals surface area contributed by atoms with Crippen molar-refractivity contribution in [2.45, 2.75) is 13.0 Å². The molecule has 0 aromatic heterocycles. The van der Waals surface area contributed by atoms with E-state index in [-0.39, 0.29) is 17.6 Å². The Morgan fingerprint density at radius 3 is 2.48 bits per heavy atom. The van der Waals surface area contributed by atoms with Crippen LogP contribution in [0, 0.1) is 0 Å². The second-order valence-corrected chi connectivity index (χ2v) is 5.65. The Labute approximate surface area is 145 Å². The van der Waals surface area contributed by atoms with E-state index < -0.39 is 6.09 Å². The first-order chi connectivity index (χ1) is 12.1. The Balaban J connectivity index is 2.05. The smallest absolute Gasteiger partial charge is 0.411 e. The molecule has 1 heterocycles. The SMILES string of the molecule is COC(=O)N/C(C)=C1/Nc2ccccc2C(c2ccccc2)NC1=O. The van der Waals surface area contributed by atoms with E-state index >= 15 is 0 Å². The van der Waals surface area contributed by atoms with Crippen molar-refractivity contribution in [3.05, 3.63) is 77.1 Å². The van der Waals surface area contributed by atoms with Crippen LogP contribution >= 0.6 is 0 Å². The van der Waals surface area contributed by atoms with E-state index in [4.69, 9.17) is 0 Å². The van der Waals surface area contributed by atoms with Gasteiger partial charge in [0.05, 0.1) is 13.2 Å². The van der Waals surface area contributed by atoms with Gasteiger partial charge in [-0.05, 0) is 18.6 Å². The Bertz CT molecular complexity index is 831. The molecular weight excluding hydrogens is 318 g/mol. The largest absolute Gasteiger partial charge is 0.453 e. The number of fused-ring (bicyclic) bond motifs is 1. The summed E-state index contributed by atoms with van der Waals surface area (Å²) < 4.78 is 4.59. The van der Waals surface area contributed by atoms with Gasteiger partial charge in [-0.2, -0.15) is 0 Å². The zero-order valence-electron chi connectivity index (χ0n) is 14.0. The van der Waals surface area contributed by atoms with Gasteiger partial charge in [-0.25, -0.2) is 4.79 Å². The fourth-order valence-electron chi connectivity index (χ4n) is 2.77. The summed E-state index contributed by atoms with van der Waals surface area (Å²) in [6.07, 6.45) is -0.628. The molecule has 0 bridgehead atoms. The predicted octanol–water partition coefficient (Wildman–Crippen LogP) is 2.91. The minimum absolute atomic E-state index is 0.274. The van der Waals surface area contributed by atoms with Gasteiger partial charge in [-0.15, -0.1) is 0 Å². The number of amides is 2. The highest BCUT2D eigenvalue weighted by Crippen LogP contribution is 2.32. The van der Waals surface area contributed by atoms with Crippen molar-refractivity contribution in [3.8, 4) is 0 Å². The minimum atomic E-state index is -0.628. The summed E-state index contributed by atoms with van der Waals surface area (Å²) in [6, 6.07) is 17.1. The Hall–Kier alpha value is -3.28. The van der Waals surface area contributed by atoms with Crippen molar-refractivity contribution in [2.24, 2.45) is 0 Å². The van der Waals surface area contributed by atoms with Crippen LogP contribution in [0.4, 0.5) is 10.5 Å². The number of rotatable bonds is 2. The molecule has 25 heavy (non-hydrogen) atoms. The lowest BCUT2D eigenvalue weighted by Gasteiger charge is -2.18. The number of anilines is 1. The number of nitrogens with one attached hydrogen (secondary N) is 3. The molecule has 1 aliphatic rings. The van der Waals surface area contributed by atoms with Crippen molar-refractivity contribution >= 4 is 17.7 Å². The molecule has 2 aromatic rings. The molecule has 0 aliphatic carbocycles. The second kappa shape index (κ2) is 7.09. The molecule has 1 atom stereocenters. The molecule has 1 unspecified atom stereocenters. The van der Waals surface area contributed by atoms with Crippen LogP contribution in [0.2, 0.25) is 0 Å². The van der Waals surface area contributed by atoms with Crippen LogP contribution in [0.3, 0.4) is 0 Å². The maximum Gasteiger partial charge on any atom is 0.411 e. The van der Waals surface area contributed by atoms with Gasteiger partial charge in [0.2, 0.25) is 0 Å². The standard InChI is InChI=1S/C19H19N3O3/c1-12(20-19(24)25-2)16-18(23)22-17(13-8-4-3-5-9-13)14-10-6-7-11-15(14)21-16/h3-11,17,21H,1-2H3,(H,20,24)(H,22,23)/b16-12+. The van der Waals surface area contributed by atoms with E-state index in [1.807, 2.05) is 54.6 Å². The zero-order valence-corrected chi connectivity index (χ0v) is 14.0. The summed E-state index contributed by atoms with van der Waals surface area (Å²) in [5.41, 5.74) is 3.38. The molecule has 6 heteroatoms. The number of alkyl carbamates (subject to hydrolysis) is 1. The lowest BCUT2D eigenvalue weighted by Crippen LogP contribution is -2.33. The molecule has 6 nitrogen and oxygen atoms in total. The maximum absolute atomic E-state index is 12.8. The van der Waals surface area contributed by atoms with Gasteiger partial charge in [0.15, 0.2) is 0 Å². The van der Waals surface area contributed by atoms with E-state index in [9.17, 15) is 9.59 Å². The summed E-state index contributed by atoms with van der Waals surface area (Å²) in [7, 11) is 1.27. The highest BCUT2D eigenvalue weighted by molar-refractivity contribution is 5.99. The molecule has 1 aliphatic heterocycles. The molecule has 2 aromatic carbocycles. The van der Waals surface area contributed by atoms with Gasteiger partial charge >= 0.3 is 6.09 Å². The van der Waals surface area contributed by atoms with E-state index in [0.29, 0.717) is 5.70 Å². The monoisotopic (exact) mass is 337 g/mol. The quantitative estimate of drug-likeness (QED) is 0.736. The molecule has 0 spiro atoms. The number of allylic oxidation sites excluding steroid dienone is 1. The number of methoxy groups -OCH3 is 1. The fourth-order valence-corrected chi connectivity index (χ4v) is 2.77. The van der Waals surface area contributed by atoms with Crippen LogP contribution in [-0.2, 0) is 9.53 Å². The number of ether oxygens (including phenoxy) is 1. The van der Waals surface area contributed by atoms with Crippen LogP contribution in [0.5, 0.6) is 0 Å². The molecule has 0 radical (unpaired) electrons. The van der Waals surface area contributed by atoms with Gasteiger partial charge < -0.3 is 15.4 Å². The number of carbonyl (C=O) groups excluding carboxylic acids is 2. The predicted molar refractivity (Wildman–Crippen MR) is 94.7 cm³/mol. The molecule has 0 fully saturated rings. The lowest BCUT2D eigenvalue weighted by molar-refractivity contribution is -0.117. The first-order valence-corrected chi connectivity index (χ1v) is 7.87. The van der Waals surface area contributed by atoms with E-state index in [0.717, 1.165) is 16.8 Å². The number of benzene rings is 2. The molecule has 3 rings (SSSR count). The van der Waals surface area contributed by atoms with Crippen molar-refractivity contribution in [2.75, 3.05) is 12.4 Å². The van der Waals surface area contributed by atoms with Crippen molar-refractivity contribution < 1.29 is 14.3 Å². The third-order valence-electron chi connectivity index (χ3n) is 4.02. The molecule has 0 saturated heterocycles. The molecule has 0 saturated carbocycles. The van der Waals surface area contributed by atoms with Gasteiger partial charge in [0.25, 0.3) is 5.91 Å². The van der Waals surface area contributed by atoms with Crippen molar-refractivity contribution in [1.29, 1.82) is 0 Å². The third kappa shape index (κ3) is 3.47. The highest BCUT2D eigenvalue weighted by atomic mass is 16.5. The molecule has 3 N–H and O–H groups in total. The van der Waals surface area contributed by atoms with Crippen molar-refractivity contribution in [1.82, 2.24) is 10.6 Å². The average Bonchev–Trinajstić information content (AvgIpc) is 2.79. The summed E-state index contributed by atoms with van der Waals surface area (Å²) in [4.78, 5) is 24.2. The van der Waals surface area contributed by atoms with Crippen molar-refractivity contribution in [3.63, 3.8) is 0 Å². The van der Waals surface area contributed by atoms with Gasteiger partial charge in [-0.3, -0.25) is 10.1 Å². The fraction of sp³-hybridized carbons (Fsp3) is 0.158. The summed E-state index contributed by atoms with van der Waals surface area (Å²) in [5, 5.41) is 8.70. The summed E-state index contributed by atoms with van der Waals surface area (Å²) in [6.45, 7) is 1.64. The van der Waals surface area contributed by atoms with Gasteiger partial charge in [0.1, 0.15) is 5.70 Å². The Morgan fingerprint density at radius 1 is 1.08 bits per heavy atom. The van der Waals surface area contributed by atoms with Gasteiger partial charge in [-0.1, -0.05) is 48.5 Å². The number of hydrogen-bond donors (Lipinski definition) is 3. The number of hydrogen-bond acceptors (Lipinski definition) is 4. The highest BCUT2D eigenvalue weighted by Gasteiger charge is 2.27. The molecule has 2 amide bonds. The van der Waals surface area contributed by atoms with Crippen LogP contribution < -0.4 is 16.0 Å². The number of carbonyl (C=O) groups is 2. The maximum atomic E-state index is 12.8. The van der Waals surface area contributed by atoms with Crippen LogP contribution in [0.15, 0.2) is 66.0 Å². The Morgan fingerprint density at radius 2 is 1.76 bits per heavy atom. The van der Waals surface area contributed by atoms with E-state index in [1.165, 1.54) is 7.11 Å². The van der Waals surface area contributed by atoms with E-state index in [2.05, 4.69) is 20.7 Å². The van der Waals surface area contributed by atoms with Crippen LogP contribution in [0.1, 0.15) is 24.1 Å². The summed E-state index contributed by atoms with van der Waals surface area (Å²) >= 11 is 0. The lowest BCUT2D eigenvalue weighted by atomic mass is 9.97. The average molecular weight is 337 g/mol. The number of para-hydroxylation sites is 1. The first kappa shape index (κ1) is 16.6. The Kier molecular flexibility index (Phi) is 4.70. The minimum Gasteiger partial charge on any atom is -0.453 e. The molecule has 128 valence electrons. The normalized spacial score (nSPS) is 18.2. The van der Waals surface area contributed by atoms with Crippen LogP contribution in [0.25, 0.3) is 0 Å². The molecular formula is C19H19N3O3. The first-order valence-electron chi connectivity index (χ1n) is 7.87. The van der Waals surface area contributed by atoms with Crippen LogP contribution in [-0.4, -0.2) is 19.1 Å². The zero-order chi connectivity index (χ0) is 17.8. The topological polar surface area (TPSA) is 79.5 Å². The second-order valence-electron chi connectivity index (χ2n) is 5.65. The third-order valence-corrected chi connectivity index (χ3v) is 4.02.